The molecule has 0 aromatic rings. The number of rotatable bonds is 9. The lowest BCUT2D eigenvalue weighted by Crippen LogP contribution is -2.26. The molecule has 0 rings (SSSR count). The van der Waals surface area contributed by atoms with Gasteiger partial charge in [0.2, 0.25) is 0 Å². The number of carbonyl (C=O) groups excluding carboxylic acids is 1. The Bertz CT molecular complexity index is 259. The lowest BCUT2D eigenvalue weighted by Gasteiger charge is -2.22. The molecule has 0 saturated heterocycles. The Morgan fingerprint density at radius 2 is 1.79 bits per heavy atom. The van der Waals surface area contributed by atoms with Crippen LogP contribution in [0.15, 0.2) is 12.2 Å². The molecule has 0 fully saturated rings. The van der Waals surface area contributed by atoms with Gasteiger partial charge in [-0.15, -0.1) is 0 Å². The van der Waals surface area contributed by atoms with Crippen molar-refractivity contribution in [1.82, 2.24) is 0 Å². The Morgan fingerprint density at radius 1 is 1.16 bits per heavy atom. The van der Waals surface area contributed by atoms with E-state index in [1.165, 1.54) is 6.08 Å². The van der Waals surface area contributed by atoms with Crippen LogP contribution in [0.5, 0.6) is 0 Å². The van der Waals surface area contributed by atoms with Gasteiger partial charge in [0, 0.05) is 0 Å². The van der Waals surface area contributed by atoms with Crippen LogP contribution in [0.4, 0.5) is 0 Å². The van der Waals surface area contributed by atoms with E-state index in [2.05, 4.69) is 13.8 Å². The molecule has 0 bridgehead atoms. The standard InChI is InChI=1S/C10H20O2.C6H10O/c1-4-6-7-8-10(3,5-2)9(11)12;1-2-3-4-5-6-7/h4-8H2,1-3H3,(H,11,12);4-6H,2-3H2,1H3. The molecule has 0 spiro atoms. The predicted octanol–water partition coefficient (Wildman–Crippen LogP) is 4.61. The van der Waals surface area contributed by atoms with Gasteiger partial charge in [-0.2, -0.15) is 0 Å². The summed E-state index contributed by atoms with van der Waals surface area (Å²) in [5.74, 6) is -0.652. The fourth-order valence-corrected chi connectivity index (χ4v) is 1.52. The summed E-state index contributed by atoms with van der Waals surface area (Å²) in [6.45, 7) is 7.99. The van der Waals surface area contributed by atoms with Crippen LogP contribution in [0.25, 0.3) is 0 Å². The number of aliphatic carboxylic acids is 1. The zero-order valence-corrected chi connectivity index (χ0v) is 12.9. The lowest BCUT2D eigenvalue weighted by molar-refractivity contribution is -0.148. The van der Waals surface area contributed by atoms with E-state index >= 15 is 0 Å². The molecule has 1 N–H and O–H groups in total. The molecule has 0 aromatic heterocycles. The molecule has 1 unspecified atom stereocenters. The summed E-state index contributed by atoms with van der Waals surface area (Å²) in [6.07, 6.45) is 11.2. The van der Waals surface area contributed by atoms with Gasteiger partial charge in [-0.1, -0.05) is 52.5 Å². The predicted molar refractivity (Wildman–Crippen MR) is 80.3 cm³/mol. The van der Waals surface area contributed by atoms with Crippen molar-refractivity contribution >= 4 is 12.3 Å². The van der Waals surface area contributed by atoms with E-state index in [4.69, 9.17) is 5.11 Å². The quantitative estimate of drug-likeness (QED) is 0.378. The third-order valence-electron chi connectivity index (χ3n) is 3.30. The van der Waals surface area contributed by atoms with Crippen LogP contribution in [0.3, 0.4) is 0 Å². The maximum absolute atomic E-state index is 10.8. The number of hydrogen-bond donors (Lipinski definition) is 1. The van der Waals surface area contributed by atoms with Gasteiger partial charge in [-0.3, -0.25) is 9.59 Å². The highest BCUT2D eigenvalue weighted by molar-refractivity contribution is 5.73. The first-order valence-electron chi connectivity index (χ1n) is 7.32. The third kappa shape index (κ3) is 11.7. The molecule has 0 aliphatic carbocycles. The number of carboxylic acids is 1. The van der Waals surface area contributed by atoms with Gasteiger partial charge in [-0.25, -0.2) is 0 Å². The zero-order chi connectivity index (χ0) is 15.1. The van der Waals surface area contributed by atoms with E-state index in [1.54, 1.807) is 0 Å². The normalized spacial score (nSPS) is 13.5. The second kappa shape index (κ2) is 13.3. The summed E-state index contributed by atoms with van der Waals surface area (Å²) in [5.41, 5.74) is -0.491. The van der Waals surface area contributed by atoms with Gasteiger partial charge in [-0.05, 0) is 32.3 Å². The van der Waals surface area contributed by atoms with E-state index in [9.17, 15) is 9.59 Å². The molecule has 0 amide bonds. The van der Waals surface area contributed by atoms with E-state index in [0.717, 1.165) is 51.2 Å². The van der Waals surface area contributed by atoms with Crippen molar-refractivity contribution in [3.05, 3.63) is 12.2 Å². The Morgan fingerprint density at radius 3 is 2.16 bits per heavy atom. The van der Waals surface area contributed by atoms with Crippen LogP contribution in [0, 0.1) is 5.41 Å². The van der Waals surface area contributed by atoms with Crippen molar-refractivity contribution < 1.29 is 14.7 Å². The highest BCUT2D eigenvalue weighted by atomic mass is 16.4. The number of carboxylic acid groups (broad SMARTS) is 1. The van der Waals surface area contributed by atoms with E-state index in [1.807, 2.05) is 19.9 Å². The van der Waals surface area contributed by atoms with Crippen LogP contribution in [-0.2, 0) is 9.59 Å². The number of unbranched alkanes of at least 4 members (excludes halogenated alkanes) is 3. The second-order valence-corrected chi connectivity index (χ2v) is 5.03. The Labute approximate surface area is 118 Å². The molecule has 3 nitrogen and oxygen atoms in total. The molecule has 112 valence electrons. The van der Waals surface area contributed by atoms with Gasteiger partial charge in [0.15, 0.2) is 0 Å². The van der Waals surface area contributed by atoms with Crippen molar-refractivity contribution in [1.29, 1.82) is 0 Å². The Balaban J connectivity index is 0. The summed E-state index contributed by atoms with van der Waals surface area (Å²) in [6, 6.07) is 0. The number of hydrogen-bond acceptors (Lipinski definition) is 2. The summed E-state index contributed by atoms with van der Waals surface area (Å²) in [7, 11) is 0. The summed E-state index contributed by atoms with van der Waals surface area (Å²) < 4.78 is 0. The van der Waals surface area contributed by atoms with Gasteiger partial charge >= 0.3 is 5.97 Å². The third-order valence-corrected chi connectivity index (χ3v) is 3.30. The fraction of sp³-hybridized carbons (Fsp3) is 0.750. The Hall–Kier alpha value is -1.12. The molecule has 0 aliphatic heterocycles. The topological polar surface area (TPSA) is 54.4 Å². The molecular formula is C16H30O3. The second-order valence-electron chi connectivity index (χ2n) is 5.03. The lowest BCUT2D eigenvalue weighted by atomic mass is 9.82. The fourth-order valence-electron chi connectivity index (χ4n) is 1.52. The molecule has 0 heterocycles. The minimum Gasteiger partial charge on any atom is -0.481 e. The van der Waals surface area contributed by atoms with Crippen molar-refractivity contribution in [2.45, 2.75) is 72.6 Å². The summed E-state index contributed by atoms with van der Waals surface area (Å²) >= 11 is 0. The molecule has 0 saturated carbocycles. The molecular weight excluding hydrogens is 240 g/mol. The van der Waals surface area contributed by atoms with Gasteiger partial charge < -0.3 is 5.11 Å². The highest BCUT2D eigenvalue weighted by Crippen LogP contribution is 2.28. The van der Waals surface area contributed by atoms with Gasteiger partial charge in [0.05, 0.1) is 5.41 Å². The molecule has 3 heteroatoms. The van der Waals surface area contributed by atoms with Crippen LogP contribution in [0.2, 0.25) is 0 Å². The minimum atomic E-state index is -0.652. The first-order chi connectivity index (χ1) is 8.98. The van der Waals surface area contributed by atoms with E-state index < -0.39 is 11.4 Å². The van der Waals surface area contributed by atoms with Gasteiger partial charge in [0.1, 0.15) is 6.29 Å². The van der Waals surface area contributed by atoms with Crippen LogP contribution in [0.1, 0.15) is 72.6 Å². The van der Waals surface area contributed by atoms with Crippen molar-refractivity contribution in [3.63, 3.8) is 0 Å². The largest absolute Gasteiger partial charge is 0.481 e. The molecule has 1 atom stereocenters. The van der Waals surface area contributed by atoms with Crippen molar-refractivity contribution in [2.75, 3.05) is 0 Å². The van der Waals surface area contributed by atoms with Crippen molar-refractivity contribution in [3.8, 4) is 0 Å². The van der Waals surface area contributed by atoms with Gasteiger partial charge in [0.25, 0.3) is 0 Å². The zero-order valence-electron chi connectivity index (χ0n) is 12.9. The van der Waals surface area contributed by atoms with Crippen molar-refractivity contribution in [2.24, 2.45) is 5.41 Å². The average Bonchev–Trinajstić information content (AvgIpc) is 2.40. The van der Waals surface area contributed by atoms with E-state index in [-0.39, 0.29) is 0 Å². The Kier molecular flexibility index (Phi) is 14.2. The van der Waals surface area contributed by atoms with E-state index in [0.29, 0.717) is 0 Å². The smallest absolute Gasteiger partial charge is 0.309 e. The maximum atomic E-state index is 10.8. The first kappa shape index (κ1) is 20.2. The maximum Gasteiger partial charge on any atom is 0.309 e. The number of aldehydes is 1. The highest BCUT2D eigenvalue weighted by Gasteiger charge is 2.29. The summed E-state index contributed by atoms with van der Waals surface area (Å²) in [4.78, 5) is 20.4. The monoisotopic (exact) mass is 270 g/mol. The molecule has 19 heavy (non-hydrogen) atoms. The van der Waals surface area contributed by atoms with Crippen LogP contribution < -0.4 is 0 Å². The number of allylic oxidation sites excluding steroid dienone is 2. The minimum absolute atomic E-state index is 0.491. The van der Waals surface area contributed by atoms with Crippen LogP contribution in [-0.4, -0.2) is 17.4 Å². The molecule has 0 radical (unpaired) electrons. The first-order valence-corrected chi connectivity index (χ1v) is 7.32. The molecule has 0 aliphatic rings. The average molecular weight is 270 g/mol. The number of carbonyl (C=O) groups is 2. The SMILES string of the molecule is CCCC=CC=O.CCCCCC(C)(CC)C(=O)O. The summed E-state index contributed by atoms with van der Waals surface area (Å²) in [5, 5.41) is 8.93. The van der Waals surface area contributed by atoms with Crippen LogP contribution >= 0.6 is 0 Å². The molecule has 0 aromatic carbocycles.